The predicted molar refractivity (Wildman–Crippen MR) is 67.9 cm³/mol. The van der Waals surface area contributed by atoms with Crippen molar-refractivity contribution in [1.82, 2.24) is 9.88 Å². The fourth-order valence-electron chi connectivity index (χ4n) is 1.43. The minimum Gasteiger partial charge on any atom is -0.480 e. The highest BCUT2D eigenvalue weighted by Crippen LogP contribution is 2.09. The molecule has 6 nitrogen and oxygen atoms in total. The van der Waals surface area contributed by atoms with Crippen molar-refractivity contribution in [2.45, 2.75) is 39.8 Å². The van der Waals surface area contributed by atoms with Crippen LogP contribution in [0.3, 0.4) is 0 Å². The molecular weight excluding hydrogens is 256 g/mol. The van der Waals surface area contributed by atoms with Crippen molar-refractivity contribution < 1.29 is 14.7 Å². The molecule has 0 saturated carbocycles. The fourth-order valence-corrected chi connectivity index (χ4v) is 2.29. The first-order chi connectivity index (χ1) is 8.32. The number of rotatable bonds is 5. The van der Waals surface area contributed by atoms with Gasteiger partial charge in [0.25, 0.3) is 0 Å². The van der Waals surface area contributed by atoms with Crippen molar-refractivity contribution in [3.8, 4) is 0 Å². The standard InChI is InChI=1S/C11H16N2O4S/c1-6(10(15)16)12-9(14)4-5-13-7(2)8(3)18-11(13)17/h6H,4-5H2,1-3H3,(H,12,14)(H,15,16). The number of carbonyl (C=O) groups is 2. The van der Waals surface area contributed by atoms with Crippen LogP contribution >= 0.6 is 11.3 Å². The van der Waals surface area contributed by atoms with E-state index in [1.165, 1.54) is 11.5 Å². The number of hydrogen-bond acceptors (Lipinski definition) is 4. The molecule has 0 aliphatic carbocycles. The van der Waals surface area contributed by atoms with Gasteiger partial charge in [-0.05, 0) is 20.8 Å². The molecule has 1 amide bonds. The SMILES string of the molecule is Cc1sc(=O)n(CCC(=O)NC(C)C(=O)O)c1C. The quantitative estimate of drug-likeness (QED) is 0.817. The van der Waals surface area contributed by atoms with Crippen LogP contribution in [0.25, 0.3) is 0 Å². The topological polar surface area (TPSA) is 88.4 Å². The lowest BCUT2D eigenvalue weighted by Gasteiger charge is -2.09. The third kappa shape index (κ3) is 3.43. The normalized spacial score (nSPS) is 12.2. The number of aryl methyl sites for hydroxylation is 1. The summed E-state index contributed by atoms with van der Waals surface area (Å²) in [6.45, 7) is 5.34. The van der Waals surface area contributed by atoms with Gasteiger partial charge < -0.3 is 15.0 Å². The molecule has 0 fully saturated rings. The van der Waals surface area contributed by atoms with E-state index >= 15 is 0 Å². The lowest BCUT2D eigenvalue weighted by molar-refractivity contribution is -0.141. The summed E-state index contributed by atoms with van der Waals surface area (Å²) < 4.78 is 1.53. The molecule has 100 valence electrons. The van der Waals surface area contributed by atoms with Crippen LogP contribution < -0.4 is 10.2 Å². The summed E-state index contributed by atoms with van der Waals surface area (Å²) in [6, 6.07) is -0.917. The number of nitrogens with zero attached hydrogens (tertiary/aromatic N) is 1. The van der Waals surface area contributed by atoms with Gasteiger partial charge in [0.15, 0.2) is 0 Å². The van der Waals surface area contributed by atoms with Crippen molar-refractivity contribution in [3.63, 3.8) is 0 Å². The minimum atomic E-state index is -1.08. The van der Waals surface area contributed by atoms with Crippen LogP contribution in [0, 0.1) is 13.8 Å². The average Bonchev–Trinajstić information content (AvgIpc) is 2.51. The maximum absolute atomic E-state index is 11.6. The zero-order valence-electron chi connectivity index (χ0n) is 10.5. The average molecular weight is 272 g/mol. The van der Waals surface area contributed by atoms with Gasteiger partial charge in [0.2, 0.25) is 5.91 Å². The van der Waals surface area contributed by atoms with E-state index in [0.29, 0.717) is 0 Å². The zero-order valence-corrected chi connectivity index (χ0v) is 11.3. The highest BCUT2D eigenvalue weighted by atomic mass is 32.1. The first-order valence-electron chi connectivity index (χ1n) is 5.52. The van der Waals surface area contributed by atoms with Crippen molar-refractivity contribution in [1.29, 1.82) is 0 Å². The summed E-state index contributed by atoms with van der Waals surface area (Å²) in [4.78, 5) is 34.4. The number of aromatic nitrogens is 1. The summed E-state index contributed by atoms with van der Waals surface area (Å²) >= 11 is 1.15. The second kappa shape index (κ2) is 5.81. The summed E-state index contributed by atoms with van der Waals surface area (Å²) in [7, 11) is 0. The van der Waals surface area contributed by atoms with Gasteiger partial charge in [0.1, 0.15) is 6.04 Å². The lowest BCUT2D eigenvalue weighted by Crippen LogP contribution is -2.38. The molecule has 0 spiro atoms. The maximum atomic E-state index is 11.6. The van der Waals surface area contributed by atoms with Gasteiger partial charge in [-0.1, -0.05) is 11.3 Å². The van der Waals surface area contributed by atoms with Gasteiger partial charge in [0.05, 0.1) is 0 Å². The van der Waals surface area contributed by atoms with Gasteiger partial charge in [-0.25, -0.2) is 0 Å². The Kier molecular flexibility index (Phi) is 4.66. The smallest absolute Gasteiger partial charge is 0.325 e. The lowest BCUT2D eigenvalue weighted by atomic mass is 10.3. The van der Waals surface area contributed by atoms with E-state index in [-0.39, 0.29) is 23.7 Å². The molecule has 0 saturated heterocycles. The molecule has 0 aliphatic rings. The Morgan fingerprint density at radius 1 is 1.44 bits per heavy atom. The monoisotopic (exact) mass is 272 g/mol. The number of aliphatic carboxylic acids is 1. The Balaban J connectivity index is 2.58. The van der Waals surface area contributed by atoms with Crippen molar-refractivity contribution >= 4 is 23.2 Å². The first kappa shape index (κ1) is 14.4. The van der Waals surface area contributed by atoms with Crippen LogP contribution in [-0.2, 0) is 16.1 Å². The highest BCUT2D eigenvalue weighted by molar-refractivity contribution is 7.09. The Labute approximate surface area is 108 Å². The van der Waals surface area contributed by atoms with Crippen LogP contribution in [0.1, 0.15) is 23.9 Å². The van der Waals surface area contributed by atoms with Crippen molar-refractivity contribution in [2.24, 2.45) is 0 Å². The molecule has 1 unspecified atom stereocenters. The Hall–Kier alpha value is -1.63. The Bertz CT molecular complexity index is 518. The summed E-state index contributed by atoms with van der Waals surface area (Å²) in [5.74, 6) is -1.46. The number of carboxylic acids is 1. The largest absolute Gasteiger partial charge is 0.480 e. The maximum Gasteiger partial charge on any atom is 0.325 e. The Morgan fingerprint density at radius 2 is 2.06 bits per heavy atom. The molecule has 2 N–H and O–H groups in total. The number of carboxylic acid groups (broad SMARTS) is 1. The third-order valence-electron chi connectivity index (χ3n) is 2.69. The molecule has 1 atom stereocenters. The van der Waals surface area contributed by atoms with E-state index in [1.807, 2.05) is 13.8 Å². The number of nitrogens with one attached hydrogen (secondary N) is 1. The third-order valence-corrected chi connectivity index (χ3v) is 3.68. The molecule has 0 radical (unpaired) electrons. The van der Waals surface area contributed by atoms with Gasteiger partial charge in [-0.15, -0.1) is 0 Å². The Morgan fingerprint density at radius 3 is 2.50 bits per heavy atom. The highest BCUT2D eigenvalue weighted by Gasteiger charge is 2.14. The predicted octanol–water partition coefficient (Wildman–Crippen LogP) is 0.506. The van der Waals surface area contributed by atoms with Crippen LogP contribution in [0.2, 0.25) is 0 Å². The summed E-state index contributed by atoms with van der Waals surface area (Å²) in [5, 5.41) is 11.0. The number of amides is 1. The van der Waals surface area contributed by atoms with Crippen molar-refractivity contribution in [3.05, 3.63) is 20.2 Å². The molecule has 0 bridgehead atoms. The van der Waals surface area contributed by atoms with Gasteiger partial charge in [-0.3, -0.25) is 14.4 Å². The molecular formula is C11H16N2O4S. The molecule has 1 rings (SSSR count). The van der Waals surface area contributed by atoms with E-state index in [1.54, 1.807) is 0 Å². The molecule has 18 heavy (non-hydrogen) atoms. The van der Waals surface area contributed by atoms with Crippen LogP contribution in [0.4, 0.5) is 0 Å². The molecule has 0 aliphatic heterocycles. The molecule has 1 aromatic heterocycles. The molecule has 1 heterocycles. The first-order valence-corrected chi connectivity index (χ1v) is 6.33. The van der Waals surface area contributed by atoms with Crippen LogP contribution in [-0.4, -0.2) is 27.6 Å². The van der Waals surface area contributed by atoms with Gasteiger partial charge in [0, 0.05) is 23.5 Å². The second-order valence-electron chi connectivity index (χ2n) is 4.04. The molecule has 1 aromatic rings. The molecule has 7 heteroatoms. The van der Waals surface area contributed by atoms with Gasteiger partial charge in [-0.2, -0.15) is 0 Å². The fraction of sp³-hybridized carbons (Fsp3) is 0.545. The summed E-state index contributed by atoms with van der Waals surface area (Å²) in [5.41, 5.74) is 0.851. The van der Waals surface area contributed by atoms with E-state index in [9.17, 15) is 14.4 Å². The second-order valence-corrected chi connectivity index (χ2v) is 5.20. The van der Waals surface area contributed by atoms with E-state index in [0.717, 1.165) is 21.9 Å². The van der Waals surface area contributed by atoms with E-state index < -0.39 is 12.0 Å². The number of carbonyl (C=O) groups excluding carboxylic acids is 1. The molecule has 0 aromatic carbocycles. The van der Waals surface area contributed by atoms with Crippen LogP contribution in [0.5, 0.6) is 0 Å². The van der Waals surface area contributed by atoms with Crippen molar-refractivity contribution in [2.75, 3.05) is 0 Å². The zero-order chi connectivity index (χ0) is 13.9. The number of hydrogen-bond donors (Lipinski definition) is 2. The summed E-state index contributed by atoms with van der Waals surface area (Å²) in [6.07, 6.45) is 0.0918. The van der Waals surface area contributed by atoms with Crippen LogP contribution in [0.15, 0.2) is 4.79 Å². The number of thiazole rings is 1. The van der Waals surface area contributed by atoms with E-state index in [4.69, 9.17) is 5.11 Å². The minimum absolute atomic E-state index is 0.0918. The van der Waals surface area contributed by atoms with Gasteiger partial charge >= 0.3 is 10.8 Å². The van der Waals surface area contributed by atoms with E-state index in [2.05, 4.69) is 5.32 Å².